The SMILES string of the molecule is CC(=O)OC(C)(C)C.CC(C)(C)OC(=O)C1CCCC1.CC(C)(C)OC(=O)c1ccccc1.CC(C)C(=O)OC(C)(C)C.CC(C)C(=O)OC1CCCC1.CC(C)C(=O)Oc1ccccc1.CC(C)OC(=O)C(C)C.CCC(=O)OC(C)(C)C.CCOC(=O)C(C)C.COC(=O)C(C)C. The zero-order valence-corrected chi connectivity index (χ0v) is 67.7. The topological polar surface area (TPSA) is 263 Å². The molecular weight excluding hydrogens is 1270 g/mol. The van der Waals surface area contributed by atoms with Crippen molar-refractivity contribution < 1.29 is 95.3 Å². The molecule has 574 valence electrons. The summed E-state index contributed by atoms with van der Waals surface area (Å²) < 4.78 is 49.5. The number of para-hydroxylation sites is 1. The van der Waals surface area contributed by atoms with Gasteiger partial charge in [0, 0.05) is 13.3 Å². The van der Waals surface area contributed by atoms with Gasteiger partial charge in [0.15, 0.2) is 0 Å². The van der Waals surface area contributed by atoms with Crippen LogP contribution in [0.1, 0.15) is 290 Å². The second-order valence-corrected chi connectivity index (χ2v) is 30.3. The molecule has 0 aromatic heterocycles. The van der Waals surface area contributed by atoms with Gasteiger partial charge >= 0.3 is 59.7 Å². The van der Waals surface area contributed by atoms with Gasteiger partial charge in [0.25, 0.3) is 0 Å². The van der Waals surface area contributed by atoms with Gasteiger partial charge in [0.1, 0.15) is 39.9 Å². The van der Waals surface area contributed by atoms with Gasteiger partial charge < -0.3 is 47.4 Å². The van der Waals surface area contributed by atoms with Gasteiger partial charge in [-0.15, -0.1) is 0 Å². The molecule has 20 heteroatoms. The third-order valence-corrected chi connectivity index (χ3v) is 11.3. The molecule has 0 aliphatic heterocycles. The van der Waals surface area contributed by atoms with Crippen molar-refractivity contribution in [1.29, 1.82) is 0 Å². The van der Waals surface area contributed by atoms with Gasteiger partial charge in [-0.25, -0.2) is 4.79 Å². The first kappa shape index (κ1) is 103. The van der Waals surface area contributed by atoms with E-state index in [9.17, 15) is 47.9 Å². The number of benzene rings is 2. The van der Waals surface area contributed by atoms with Crippen LogP contribution in [0, 0.1) is 41.4 Å². The number of carbonyl (C=O) groups is 10. The van der Waals surface area contributed by atoms with Crippen LogP contribution >= 0.6 is 0 Å². The fourth-order valence-electron chi connectivity index (χ4n) is 6.66. The molecule has 0 unspecified atom stereocenters. The van der Waals surface area contributed by atoms with Crippen molar-refractivity contribution in [2.24, 2.45) is 41.4 Å². The molecule has 99 heavy (non-hydrogen) atoms. The van der Waals surface area contributed by atoms with Gasteiger partial charge in [0.2, 0.25) is 0 Å². The van der Waals surface area contributed by atoms with Crippen molar-refractivity contribution in [3.63, 3.8) is 0 Å². The van der Waals surface area contributed by atoms with E-state index in [0.717, 1.165) is 25.7 Å². The highest BCUT2D eigenvalue weighted by Gasteiger charge is 2.28. The lowest BCUT2D eigenvalue weighted by atomic mass is 10.1. The van der Waals surface area contributed by atoms with Gasteiger partial charge in [0.05, 0.1) is 66.8 Å². The van der Waals surface area contributed by atoms with Crippen molar-refractivity contribution in [1.82, 2.24) is 0 Å². The van der Waals surface area contributed by atoms with Crippen LogP contribution in [-0.4, -0.2) is 114 Å². The van der Waals surface area contributed by atoms with E-state index in [2.05, 4.69) is 9.47 Å². The van der Waals surface area contributed by atoms with Crippen LogP contribution in [0.2, 0.25) is 0 Å². The molecule has 0 heterocycles. The third-order valence-electron chi connectivity index (χ3n) is 11.3. The Balaban J connectivity index is -0.000000244. The van der Waals surface area contributed by atoms with Crippen molar-refractivity contribution in [2.45, 2.75) is 320 Å². The second kappa shape index (κ2) is 54.9. The Kier molecular flexibility index (Phi) is 57.2. The van der Waals surface area contributed by atoms with E-state index < -0.39 is 5.60 Å². The summed E-state index contributed by atoms with van der Waals surface area (Å²) >= 11 is 0. The smallest absolute Gasteiger partial charge is 0.338 e. The number of ether oxygens (including phenoxy) is 10. The molecule has 20 nitrogen and oxygen atoms in total. The van der Waals surface area contributed by atoms with Crippen LogP contribution in [0.3, 0.4) is 0 Å². The van der Waals surface area contributed by atoms with E-state index in [4.69, 9.17) is 37.9 Å². The molecule has 0 radical (unpaired) electrons. The Morgan fingerprint density at radius 3 is 1.03 bits per heavy atom. The fraction of sp³-hybridized carbons (Fsp3) is 0.722. The summed E-state index contributed by atoms with van der Waals surface area (Å²) in [6.45, 7) is 59.1. The molecule has 4 rings (SSSR count). The number of hydrogen-bond acceptors (Lipinski definition) is 20. The first-order chi connectivity index (χ1) is 45.0. The van der Waals surface area contributed by atoms with Crippen LogP contribution in [0.15, 0.2) is 60.7 Å². The standard InChI is InChI=1S/C11H14O2.C10H18O2.C10H12O2.C9H16O2.C8H16O2.2C7H14O2.2C6H12O2.C5H10O2/c1-11(2,3)13-10(12)9-7-5-4-6-8-9;1-10(2,3)12-9(11)8-6-4-5-7-8;1-8(2)10(11)12-9-6-4-3-5-7-9;1-7(2)9(10)11-8-5-3-4-6-8;1-6(2)7(9)10-8(3,4)5;1-5-6(8)9-7(2,3)4;1-5(2)7(8)9-6(3)4;1-5(7)8-6(2,3)4;1-4-8-6(7)5(2)3;1-4(2)5(6)7-3/h4-8H,1-3H3;8H,4-7H2,1-3H3;3-8H,1-2H3;7-8H,3-6H2,1-2H3;6H,1-5H3;5H2,1-4H3;5-6H,1-4H3;1-4H3;5H,4H2,1-3H3;4H,1-3H3. The maximum absolute atomic E-state index is 11.4. The molecule has 2 fully saturated rings. The Hall–Kier alpha value is -6.86. The zero-order chi connectivity index (χ0) is 78.8. The maximum Gasteiger partial charge on any atom is 0.338 e. The number of methoxy groups -OCH3 is 1. The van der Waals surface area contributed by atoms with Crippen LogP contribution in [-0.2, 0) is 85.8 Å². The third kappa shape index (κ3) is 73.7. The van der Waals surface area contributed by atoms with E-state index in [1.807, 2.05) is 223 Å². The Bertz CT molecular complexity index is 2500. The minimum atomic E-state index is -0.424. The molecule has 0 amide bonds. The maximum atomic E-state index is 11.4. The average molecular weight is 1410 g/mol. The molecule has 2 aliphatic rings. The highest BCUT2D eigenvalue weighted by Crippen LogP contribution is 2.27. The number of rotatable bonds is 13. The highest BCUT2D eigenvalue weighted by molar-refractivity contribution is 5.89. The molecule has 2 aliphatic carbocycles. The molecule has 2 saturated carbocycles. The number of carbonyl (C=O) groups excluding carboxylic acids is 10. The minimum absolute atomic E-state index is 0.000000000000000666. The van der Waals surface area contributed by atoms with Crippen LogP contribution in [0.5, 0.6) is 5.75 Å². The predicted molar refractivity (Wildman–Crippen MR) is 392 cm³/mol. The van der Waals surface area contributed by atoms with Crippen molar-refractivity contribution in [2.75, 3.05) is 13.7 Å². The molecule has 2 aromatic carbocycles. The molecule has 0 bridgehead atoms. The van der Waals surface area contributed by atoms with Gasteiger partial charge in [-0.3, -0.25) is 43.2 Å². The van der Waals surface area contributed by atoms with Crippen molar-refractivity contribution in [3.05, 3.63) is 66.2 Å². The summed E-state index contributed by atoms with van der Waals surface area (Å²) in [5, 5.41) is 0. The zero-order valence-electron chi connectivity index (χ0n) is 67.7. The van der Waals surface area contributed by atoms with Crippen LogP contribution in [0.25, 0.3) is 0 Å². The van der Waals surface area contributed by atoms with E-state index in [1.54, 1.807) is 52.0 Å². The second-order valence-electron chi connectivity index (χ2n) is 30.3. The van der Waals surface area contributed by atoms with E-state index >= 15 is 0 Å². The quantitative estimate of drug-likeness (QED) is 0.102. The van der Waals surface area contributed by atoms with Gasteiger partial charge in [-0.2, -0.15) is 0 Å². The van der Waals surface area contributed by atoms with Gasteiger partial charge in [-0.05, 0) is 187 Å². The Morgan fingerprint density at radius 1 is 0.414 bits per heavy atom. The Morgan fingerprint density at radius 2 is 0.778 bits per heavy atom. The molecule has 0 N–H and O–H groups in total. The summed E-state index contributed by atoms with van der Waals surface area (Å²) in [6, 6.07) is 18.1. The van der Waals surface area contributed by atoms with Crippen LogP contribution in [0.4, 0.5) is 0 Å². The first-order valence-corrected chi connectivity index (χ1v) is 35.1. The van der Waals surface area contributed by atoms with E-state index in [1.165, 1.54) is 39.7 Å². The summed E-state index contributed by atoms with van der Waals surface area (Å²) in [4.78, 5) is 108. The summed E-state index contributed by atoms with van der Waals surface area (Å²) in [7, 11) is 1.39. The van der Waals surface area contributed by atoms with Crippen molar-refractivity contribution >= 4 is 59.7 Å². The summed E-state index contributed by atoms with van der Waals surface area (Å²) in [5.41, 5.74) is -1.15. The largest absolute Gasteiger partial charge is 0.469 e. The monoisotopic (exact) mass is 1410 g/mol. The van der Waals surface area contributed by atoms with E-state index in [-0.39, 0.29) is 136 Å². The average Bonchev–Trinajstić information content (AvgIpc) is 1.37. The highest BCUT2D eigenvalue weighted by atomic mass is 16.6. The first-order valence-electron chi connectivity index (χ1n) is 35.1. The minimum Gasteiger partial charge on any atom is -0.469 e. The van der Waals surface area contributed by atoms with Crippen LogP contribution < -0.4 is 4.74 Å². The lowest BCUT2D eigenvalue weighted by molar-refractivity contribution is -0.160. The molecule has 0 atom stereocenters. The Labute approximate surface area is 599 Å². The molecule has 2 aromatic rings. The summed E-state index contributed by atoms with van der Waals surface area (Å²) in [6.07, 6.45) is 9.68. The normalized spacial score (nSPS) is 12.6. The van der Waals surface area contributed by atoms with Crippen molar-refractivity contribution in [3.8, 4) is 5.75 Å². The molecular formula is C79H138O20. The predicted octanol–water partition coefficient (Wildman–Crippen LogP) is 18.2. The fourth-order valence-corrected chi connectivity index (χ4v) is 6.66. The summed E-state index contributed by atoms with van der Waals surface area (Å²) in [5.74, 6) is -0.677. The lowest BCUT2D eigenvalue weighted by Crippen LogP contribution is -2.27. The van der Waals surface area contributed by atoms with Gasteiger partial charge in [-0.1, -0.05) is 139 Å². The number of hydrogen-bond donors (Lipinski definition) is 0. The molecule has 0 spiro atoms. The number of esters is 10. The van der Waals surface area contributed by atoms with E-state index in [0.29, 0.717) is 24.3 Å². The lowest BCUT2D eigenvalue weighted by Gasteiger charge is -2.21. The molecule has 0 saturated heterocycles.